The third-order valence-corrected chi connectivity index (χ3v) is 7.09. The van der Waals surface area contributed by atoms with E-state index < -0.39 is 25.5 Å². The molecular formula is C35H37NO6. The second kappa shape index (κ2) is 13.9. The highest BCUT2D eigenvalue weighted by Crippen LogP contribution is 2.40. The summed E-state index contributed by atoms with van der Waals surface area (Å²) < 4.78 is 69.3. The number of carbonyl (C=O) groups is 1. The van der Waals surface area contributed by atoms with Crippen LogP contribution < -0.4 is 24.3 Å². The third-order valence-electron chi connectivity index (χ3n) is 7.09. The van der Waals surface area contributed by atoms with Crippen LogP contribution >= 0.6 is 0 Å². The van der Waals surface area contributed by atoms with Crippen LogP contribution in [0.5, 0.6) is 23.0 Å². The van der Waals surface area contributed by atoms with Gasteiger partial charge in [-0.3, -0.25) is 4.79 Å². The molecule has 1 aliphatic rings. The molecule has 0 fully saturated rings. The summed E-state index contributed by atoms with van der Waals surface area (Å²) in [4.78, 5) is 11.9. The van der Waals surface area contributed by atoms with Crippen molar-refractivity contribution in [3.05, 3.63) is 118 Å². The summed E-state index contributed by atoms with van der Waals surface area (Å²) >= 11 is 0. The van der Waals surface area contributed by atoms with Crippen LogP contribution in [0.4, 0.5) is 0 Å². The number of esters is 1. The van der Waals surface area contributed by atoms with Crippen molar-refractivity contribution in [3.63, 3.8) is 0 Å². The molecule has 0 amide bonds. The van der Waals surface area contributed by atoms with Gasteiger partial charge in [-0.05, 0) is 65.4 Å². The average Bonchev–Trinajstić information content (AvgIpc) is 3.02. The molecule has 1 N–H and O–H groups in total. The van der Waals surface area contributed by atoms with E-state index in [1.165, 1.54) is 14.0 Å². The fourth-order valence-corrected chi connectivity index (χ4v) is 4.97. The van der Waals surface area contributed by atoms with Gasteiger partial charge in [0, 0.05) is 21.3 Å². The van der Waals surface area contributed by atoms with E-state index in [0.29, 0.717) is 22.6 Å². The lowest BCUT2D eigenvalue weighted by atomic mass is 9.88. The molecule has 1 unspecified atom stereocenters. The van der Waals surface area contributed by atoms with Crippen LogP contribution in [0.3, 0.4) is 0 Å². The Kier molecular flexibility index (Phi) is 7.66. The van der Waals surface area contributed by atoms with Crippen molar-refractivity contribution in [1.82, 2.24) is 5.32 Å². The quantitative estimate of drug-likeness (QED) is 0.198. The minimum Gasteiger partial charge on any atom is -0.493 e. The van der Waals surface area contributed by atoms with Gasteiger partial charge in [0.1, 0.15) is 19.8 Å². The molecule has 7 nitrogen and oxygen atoms in total. The number of hydrogen-bond acceptors (Lipinski definition) is 7. The van der Waals surface area contributed by atoms with Crippen molar-refractivity contribution in [1.29, 1.82) is 0 Å². The number of benzene rings is 4. The van der Waals surface area contributed by atoms with E-state index in [1.807, 2.05) is 66.7 Å². The van der Waals surface area contributed by atoms with E-state index >= 15 is 0 Å². The van der Waals surface area contributed by atoms with E-state index in [2.05, 4.69) is 5.32 Å². The molecule has 4 aromatic carbocycles. The van der Waals surface area contributed by atoms with Gasteiger partial charge in [-0.15, -0.1) is 0 Å². The molecule has 7 heteroatoms. The van der Waals surface area contributed by atoms with Crippen LogP contribution in [-0.4, -0.2) is 26.6 Å². The molecule has 1 heterocycles. The maximum absolute atomic E-state index is 11.9. The number of rotatable bonds is 12. The number of fused-ring (bicyclic) bond motifs is 1. The molecule has 0 bridgehead atoms. The highest BCUT2D eigenvalue weighted by Gasteiger charge is 2.26. The smallest absolute Gasteiger partial charge is 0.302 e. The predicted molar refractivity (Wildman–Crippen MR) is 161 cm³/mol. The summed E-state index contributed by atoms with van der Waals surface area (Å²) in [7, 11) is -1.21. The Morgan fingerprint density at radius 3 is 2.26 bits per heavy atom. The van der Waals surface area contributed by atoms with Crippen molar-refractivity contribution in [3.8, 4) is 23.0 Å². The van der Waals surface area contributed by atoms with Gasteiger partial charge in [0.15, 0.2) is 23.0 Å². The summed E-state index contributed by atoms with van der Waals surface area (Å²) in [6, 6.07) is 25.4. The molecule has 218 valence electrons. The van der Waals surface area contributed by atoms with Crippen LogP contribution in [0, 0.1) is 0 Å². The number of hydrogen-bond donors (Lipinski definition) is 1. The van der Waals surface area contributed by atoms with Crippen molar-refractivity contribution >= 4 is 5.97 Å². The molecular weight excluding hydrogens is 530 g/mol. The van der Waals surface area contributed by atoms with Gasteiger partial charge < -0.3 is 29.0 Å². The van der Waals surface area contributed by atoms with Crippen LogP contribution in [-0.2, 0) is 42.2 Å². The van der Waals surface area contributed by atoms with Gasteiger partial charge in [0.2, 0.25) is 0 Å². The summed E-state index contributed by atoms with van der Waals surface area (Å²) in [5.41, 5.74) is 4.46. The van der Waals surface area contributed by atoms with Gasteiger partial charge in [-0.25, -0.2) is 0 Å². The first-order valence-electron chi connectivity index (χ1n) is 16.2. The normalized spacial score (nSPS) is 17.3. The van der Waals surface area contributed by atoms with E-state index in [1.54, 1.807) is 18.2 Å². The lowest BCUT2D eigenvalue weighted by molar-refractivity contribution is -0.142. The van der Waals surface area contributed by atoms with Crippen LogP contribution in [0.2, 0.25) is 0 Å². The monoisotopic (exact) mass is 572 g/mol. The maximum Gasteiger partial charge on any atom is 0.302 e. The summed E-state index contributed by atoms with van der Waals surface area (Å²) in [6.45, 7) is -0.169. The van der Waals surface area contributed by atoms with E-state index in [0.717, 1.165) is 22.3 Å². The molecule has 42 heavy (non-hydrogen) atoms. The van der Waals surface area contributed by atoms with Gasteiger partial charge >= 0.3 is 5.97 Å². The van der Waals surface area contributed by atoms with Gasteiger partial charge in [0.25, 0.3) is 0 Å². The Morgan fingerprint density at radius 2 is 1.60 bits per heavy atom. The van der Waals surface area contributed by atoms with Crippen molar-refractivity contribution in [2.75, 3.05) is 20.6 Å². The molecule has 4 aromatic rings. The molecule has 0 radical (unpaired) electrons. The zero-order valence-corrected chi connectivity index (χ0v) is 23.6. The number of aryl methyl sites for hydroxylation is 1. The van der Waals surface area contributed by atoms with Crippen LogP contribution in [0.25, 0.3) is 0 Å². The molecule has 0 aliphatic carbocycles. The zero-order valence-electron chi connectivity index (χ0n) is 28.6. The lowest BCUT2D eigenvalue weighted by Gasteiger charge is -2.29. The second-order valence-corrected chi connectivity index (χ2v) is 9.92. The first kappa shape index (κ1) is 23.1. The number of ether oxygens (including phenoxy) is 5. The number of methoxy groups -OCH3 is 2. The SMILES string of the molecule is [2H]C1([2H])Cc2cc(OC([2H])([2H])[2H])c(OCc3ccccc3)cc2C(Cc2ccc(OC)c(OCc3ccccc3)c2COC(C)=O)N1. The summed E-state index contributed by atoms with van der Waals surface area (Å²) in [6.07, 6.45) is 0.246. The van der Waals surface area contributed by atoms with Gasteiger partial charge in [-0.2, -0.15) is 0 Å². The first-order valence-corrected chi connectivity index (χ1v) is 13.7. The number of carbonyl (C=O) groups excluding carboxylic acids is 1. The standard InChI is InChI=1S/C35H37NO6/c1-24(37)40-23-30-27(14-15-32(38-2)35(30)42-22-26-12-8-5-9-13-26)18-31-29-20-34(41-21-25-10-6-4-7-11-25)33(39-3)19-28(29)16-17-36-31/h4-15,19-20,31,36H,16-18,21-23H2,1-3H3/i3D3,17D2. The molecule has 1 atom stereocenters. The first-order chi connectivity index (χ1) is 22.4. The van der Waals surface area contributed by atoms with Gasteiger partial charge in [0.05, 0.1) is 18.3 Å². The minimum atomic E-state index is -2.74. The molecule has 0 saturated carbocycles. The maximum atomic E-state index is 11.9. The molecule has 1 aliphatic heterocycles. The Labute approximate surface area is 254 Å². The molecule has 0 aromatic heterocycles. The Balaban J connectivity index is 1.54. The van der Waals surface area contributed by atoms with Crippen LogP contribution in [0.1, 0.15) is 53.2 Å². The Morgan fingerprint density at radius 1 is 0.881 bits per heavy atom. The second-order valence-electron chi connectivity index (χ2n) is 9.92. The highest BCUT2D eigenvalue weighted by molar-refractivity contribution is 5.66. The van der Waals surface area contributed by atoms with E-state index in [4.69, 9.17) is 30.5 Å². The topological polar surface area (TPSA) is 75.2 Å². The molecule has 5 rings (SSSR count). The molecule has 0 saturated heterocycles. The summed E-state index contributed by atoms with van der Waals surface area (Å²) in [5.74, 6) is 0.643. The third kappa shape index (κ3) is 7.04. The summed E-state index contributed by atoms with van der Waals surface area (Å²) in [5, 5.41) is 3.11. The van der Waals surface area contributed by atoms with Gasteiger partial charge in [-0.1, -0.05) is 66.7 Å². The predicted octanol–water partition coefficient (Wildman–Crippen LogP) is 6.35. The van der Waals surface area contributed by atoms with E-state index in [9.17, 15) is 4.79 Å². The van der Waals surface area contributed by atoms with Crippen molar-refractivity contribution in [2.45, 2.75) is 45.6 Å². The fraction of sp³-hybridized carbons (Fsp3) is 0.286. The van der Waals surface area contributed by atoms with Crippen LogP contribution in [0.15, 0.2) is 84.9 Å². The largest absolute Gasteiger partial charge is 0.493 e. The Hall–Kier alpha value is -4.49. The lowest BCUT2D eigenvalue weighted by Crippen LogP contribution is -2.31. The van der Waals surface area contributed by atoms with Crippen molar-refractivity contribution < 1.29 is 35.3 Å². The molecule has 0 spiro atoms. The zero-order chi connectivity index (χ0) is 33.6. The highest BCUT2D eigenvalue weighted by atomic mass is 16.5. The average molecular weight is 573 g/mol. The number of nitrogens with one attached hydrogen (secondary N) is 1. The Bertz CT molecular complexity index is 1680. The van der Waals surface area contributed by atoms with Crippen molar-refractivity contribution in [2.24, 2.45) is 0 Å². The minimum absolute atomic E-state index is 0.00715. The van der Waals surface area contributed by atoms with E-state index in [-0.39, 0.29) is 44.2 Å². The fourth-order valence-electron chi connectivity index (χ4n) is 4.97.